The van der Waals surface area contributed by atoms with Crippen LogP contribution in [0.15, 0.2) is 30.6 Å². The number of hydrogen-bond donors (Lipinski definition) is 3. The number of aromatic amines is 1. The number of aromatic nitrogens is 3. The van der Waals surface area contributed by atoms with Gasteiger partial charge in [-0.1, -0.05) is 20.8 Å². The number of fused-ring (bicyclic) bond motifs is 3. The maximum Gasteiger partial charge on any atom is 0.433 e. The van der Waals surface area contributed by atoms with Crippen LogP contribution in [0.5, 0.6) is 0 Å². The molecule has 8 heteroatoms. The smallest absolute Gasteiger partial charge is 0.404 e. The van der Waals surface area contributed by atoms with E-state index in [2.05, 4.69) is 15.2 Å². The Kier molecular flexibility index (Phi) is 4.01. The second kappa shape index (κ2) is 5.82. The maximum atomic E-state index is 13.0. The van der Waals surface area contributed by atoms with Crippen LogP contribution >= 0.6 is 0 Å². The Hall–Kier alpha value is -2.90. The van der Waals surface area contributed by atoms with Crippen molar-refractivity contribution < 1.29 is 13.2 Å². The second-order valence-electron chi connectivity index (χ2n) is 7.05. The van der Waals surface area contributed by atoms with Gasteiger partial charge in [-0.25, -0.2) is 4.98 Å². The fourth-order valence-electron chi connectivity index (χ4n) is 2.93. The highest BCUT2D eigenvalue weighted by Crippen LogP contribution is 2.36. The zero-order valence-corrected chi connectivity index (χ0v) is 14.5. The lowest BCUT2D eigenvalue weighted by Gasteiger charge is -2.23. The Morgan fingerprint density at radius 2 is 1.92 bits per heavy atom. The zero-order chi connectivity index (χ0) is 19.3. The van der Waals surface area contributed by atoms with E-state index in [0.717, 1.165) is 28.1 Å². The van der Waals surface area contributed by atoms with Crippen molar-refractivity contribution in [3.63, 3.8) is 0 Å². The van der Waals surface area contributed by atoms with Crippen molar-refractivity contribution in [1.82, 2.24) is 15.2 Å². The third-order valence-corrected chi connectivity index (χ3v) is 4.20. The van der Waals surface area contributed by atoms with Crippen molar-refractivity contribution >= 4 is 33.1 Å². The summed E-state index contributed by atoms with van der Waals surface area (Å²) in [4.78, 5) is 4.35. The van der Waals surface area contributed by atoms with Crippen LogP contribution in [0.25, 0.3) is 27.4 Å². The molecule has 3 aromatic rings. The number of hydrogen-bond acceptors (Lipinski definition) is 4. The molecule has 4 N–H and O–H groups in total. The van der Waals surface area contributed by atoms with Crippen LogP contribution in [-0.2, 0) is 5.41 Å². The van der Waals surface area contributed by atoms with E-state index < -0.39 is 17.5 Å². The van der Waals surface area contributed by atoms with E-state index >= 15 is 0 Å². The summed E-state index contributed by atoms with van der Waals surface area (Å²) in [5, 5.41) is 16.0. The lowest BCUT2D eigenvalue weighted by atomic mass is 9.83. The molecule has 0 aliphatic rings. The van der Waals surface area contributed by atoms with Crippen LogP contribution in [0.3, 0.4) is 0 Å². The topological polar surface area (TPSA) is 91.4 Å². The molecule has 3 rings (SSSR count). The van der Waals surface area contributed by atoms with Crippen molar-refractivity contribution in [2.24, 2.45) is 5.73 Å². The molecule has 0 aliphatic carbocycles. The SMILES string of the molecule is CC(C)(C)c1cc(/C(=C/N)C(=N)C(F)(F)F)nc2ccc3[nH]ncc3c12. The summed E-state index contributed by atoms with van der Waals surface area (Å²) >= 11 is 0. The van der Waals surface area contributed by atoms with Gasteiger partial charge in [-0.2, -0.15) is 18.3 Å². The number of pyridine rings is 1. The first kappa shape index (κ1) is 17.9. The number of alkyl halides is 3. The average molecular weight is 361 g/mol. The first-order valence-electron chi connectivity index (χ1n) is 7.89. The number of allylic oxidation sites excluding steroid dienone is 1. The summed E-state index contributed by atoms with van der Waals surface area (Å²) < 4.78 is 39.1. The summed E-state index contributed by atoms with van der Waals surface area (Å²) in [5.41, 5.74) is 5.25. The van der Waals surface area contributed by atoms with E-state index in [9.17, 15) is 13.2 Å². The largest absolute Gasteiger partial charge is 0.433 e. The van der Waals surface area contributed by atoms with Crippen LogP contribution in [0, 0.1) is 5.41 Å². The molecule has 0 amide bonds. The van der Waals surface area contributed by atoms with Crippen molar-refractivity contribution in [3.8, 4) is 0 Å². The van der Waals surface area contributed by atoms with Gasteiger partial charge in [0.2, 0.25) is 0 Å². The van der Waals surface area contributed by atoms with E-state index in [4.69, 9.17) is 11.1 Å². The van der Waals surface area contributed by atoms with Crippen LogP contribution in [0.4, 0.5) is 13.2 Å². The van der Waals surface area contributed by atoms with Gasteiger partial charge < -0.3 is 5.73 Å². The van der Waals surface area contributed by atoms with E-state index in [-0.39, 0.29) is 11.1 Å². The average Bonchev–Trinajstić information content (AvgIpc) is 3.01. The zero-order valence-electron chi connectivity index (χ0n) is 14.5. The van der Waals surface area contributed by atoms with Gasteiger partial charge in [-0.15, -0.1) is 0 Å². The monoisotopic (exact) mass is 361 g/mol. The Labute approximate surface area is 147 Å². The number of nitrogens with two attached hydrogens (primary N) is 1. The fraction of sp³-hybridized carbons (Fsp3) is 0.278. The van der Waals surface area contributed by atoms with Gasteiger partial charge in [0.05, 0.1) is 22.9 Å². The summed E-state index contributed by atoms with van der Waals surface area (Å²) in [5.74, 6) is 0. The van der Waals surface area contributed by atoms with Crippen molar-refractivity contribution in [2.45, 2.75) is 32.4 Å². The molecule has 0 bridgehead atoms. The summed E-state index contributed by atoms with van der Waals surface area (Å²) in [6.45, 7) is 5.89. The first-order valence-corrected chi connectivity index (χ1v) is 7.89. The minimum absolute atomic E-state index is 0.0232. The van der Waals surface area contributed by atoms with E-state index in [1.807, 2.05) is 20.8 Å². The van der Waals surface area contributed by atoms with Crippen LogP contribution in [0.1, 0.15) is 32.0 Å². The molecule has 2 heterocycles. The molecule has 2 aromatic heterocycles. The standard InChI is InChI=1S/C18H18F3N5/c1-17(2,3)11-6-14(9(7-22)16(23)18(19,20)21)25-13-5-4-12-10(15(11)13)8-24-26-12/h4-8,23H,22H2,1-3H3,(H,24,26)/b9-7-,23-16?. The highest BCUT2D eigenvalue weighted by Gasteiger charge is 2.38. The van der Waals surface area contributed by atoms with Gasteiger partial charge in [0.15, 0.2) is 0 Å². The van der Waals surface area contributed by atoms with Crippen LogP contribution in [-0.4, -0.2) is 27.1 Å². The molecule has 5 nitrogen and oxygen atoms in total. The molecule has 0 fully saturated rings. The molecule has 0 aliphatic heterocycles. The third kappa shape index (κ3) is 2.91. The van der Waals surface area contributed by atoms with Crippen LogP contribution in [0.2, 0.25) is 0 Å². The predicted octanol–water partition coefficient (Wildman–Crippen LogP) is 4.29. The molecule has 0 spiro atoms. The molecular formula is C18H18F3N5. The number of nitrogens with one attached hydrogen (secondary N) is 2. The summed E-state index contributed by atoms with van der Waals surface area (Å²) in [7, 11) is 0. The number of rotatable bonds is 2. The highest BCUT2D eigenvalue weighted by molar-refractivity contribution is 6.24. The van der Waals surface area contributed by atoms with Crippen molar-refractivity contribution in [3.05, 3.63) is 41.9 Å². The lowest BCUT2D eigenvalue weighted by Crippen LogP contribution is -2.24. The predicted molar refractivity (Wildman–Crippen MR) is 96.0 cm³/mol. The van der Waals surface area contributed by atoms with Gasteiger partial charge in [0, 0.05) is 22.5 Å². The van der Waals surface area contributed by atoms with Gasteiger partial charge >= 0.3 is 6.18 Å². The molecule has 0 atom stereocenters. The Bertz CT molecular complexity index is 1040. The maximum absolute atomic E-state index is 13.0. The second-order valence-corrected chi connectivity index (χ2v) is 7.05. The minimum Gasteiger partial charge on any atom is -0.404 e. The normalized spacial score (nSPS) is 13.5. The third-order valence-electron chi connectivity index (χ3n) is 4.20. The van der Waals surface area contributed by atoms with Crippen LogP contribution < -0.4 is 5.73 Å². The van der Waals surface area contributed by atoms with E-state index in [1.54, 1.807) is 24.4 Å². The Morgan fingerprint density at radius 3 is 2.50 bits per heavy atom. The summed E-state index contributed by atoms with van der Waals surface area (Å²) in [6.07, 6.45) is -2.35. The van der Waals surface area contributed by atoms with Gasteiger partial charge in [-0.3, -0.25) is 10.5 Å². The Morgan fingerprint density at radius 1 is 1.23 bits per heavy atom. The van der Waals surface area contributed by atoms with Gasteiger partial charge in [-0.05, 0) is 29.2 Å². The molecule has 0 unspecified atom stereocenters. The molecule has 26 heavy (non-hydrogen) atoms. The van der Waals surface area contributed by atoms with E-state index in [0.29, 0.717) is 5.52 Å². The minimum atomic E-state index is -4.81. The number of nitrogens with zero attached hydrogens (tertiary/aromatic N) is 2. The van der Waals surface area contributed by atoms with Gasteiger partial charge in [0.1, 0.15) is 5.71 Å². The number of halogens is 3. The number of H-pyrrole nitrogens is 1. The van der Waals surface area contributed by atoms with Gasteiger partial charge in [0.25, 0.3) is 0 Å². The van der Waals surface area contributed by atoms with Crippen molar-refractivity contribution in [1.29, 1.82) is 5.41 Å². The highest BCUT2D eigenvalue weighted by atomic mass is 19.4. The molecule has 0 saturated carbocycles. The number of benzene rings is 1. The first-order chi connectivity index (χ1) is 12.0. The molecule has 136 valence electrons. The molecular weight excluding hydrogens is 343 g/mol. The molecule has 1 aromatic carbocycles. The lowest BCUT2D eigenvalue weighted by molar-refractivity contribution is -0.0578. The quantitative estimate of drug-likeness (QED) is 0.595. The Balaban J connectivity index is 2.36. The summed E-state index contributed by atoms with van der Waals surface area (Å²) in [6, 6.07) is 5.07. The molecule has 0 saturated heterocycles. The van der Waals surface area contributed by atoms with E-state index in [1.165, 1.54) is 0 Å². The fourth-order valence-corrected chi connectivity index (χ4v) is 2.93. The van der Waals surface area contributed by atoms with Crippen molar-refractivity contribution in [2.75, 3.05) is 0 Å². The molecule has 0 radical (unpaired) electrons.